The summed E-state index contributed by atoms with van der Waals surface area (Å²) >= 11 is 0. The van der Waals surface area contributed by atoms with E-state index in [1.807, 2.05) is 0 Å². The first kappa shape index (κ1) is 13.5. The summed E-state index contributed by atoms with van der Waals surface area (Å²) in [6.45, 7) is 4.48. The van der Waals surface area contributed by atoms with Gasteiger partial charge in [0.15, 0.2) is 0 Å². The predicted molar refractivity (Wildman–Crippen MR) is 93.2 cm³/mol. The molecule has 3 aromatic rings. The molecular weight excluding hydrogens is 266 g/mol. The zero-order chi connectivity index (χ0) is 15.2. The predicted octanol–water partition coefficient (Wildman–Crippen LogP) is 4.59. The van der Waals surface area contributed by atoms with Crippen LogP contribution in [-0.4, -0.2) is 18.5 Å². The molecule has 0 amide bonds. The van der Waals surface area contributed by atoms with Crippen molar-refractivity contribution in [2.45, 2.75) is 18.9 Å². The molecule has 1 heterocycles. The largest absolute Gasteiger partial charge is 0.301 e. The molecule has 1 nitrogen and oxygen atoms in total. The van der Waals surface area contributed by atoms with E-state index in [4.69, 9.17) is 0 Å². The van der Waals surface area contributed by atoms with E-state index in [1.165, 1.54) is 27.5 Å². The van der Waals surface area contributed by atoms with Gasteiger partial charge in [-0.3, -0.25) is 0 Å². The second-order valence-electron chi connectivity index (χ2n) is 6.72. The summed E-state index contributed by atoms with van der Waals surface area (Å²) in [5, 5.41) is 2.64. The van der Waals surface area contributed by atoms with Crippen molar-refractivity contribution in [3.05, 3.63) is 83.4 Å². The van der Waals surface area contributed by atoms with Crippen LogP contribution in [0.25, 0.3) is 10.8 Å². The standard InChI is InChI=1S/C21H21N/c1-21(15-22(2)14-18-9-5-6-10-20(18)21)19-12-11-16-7-3-4-8-17(16)13-19/h3-13H,14-15H2,1-2H3. The van der Waals surface area contributed by atoms with E-state index in [2.05, 4.69) is 85.6 Å². The maximum atomic E-state index is 2.43. The first-order chi connectivity index (χ1) is 10.7. The Kier molecular flexibility index (Phi) is 3.05. The summed E-state index contributed by atoms with van der Waals surface area (Å²) in [7, 11) is 2.22. The van der Waals surface area contributed by atoms with Gasteiger partial charge in [-0.05, 0) is 34.5 Å². The van der Waals surface area contributed by atoms with Crippen molar-refractivity contribution in [1.29, 1.82) is 0 Å². The summed E-state index contributed by atoms with van der Waals surface area (Å²) in [6, 6.07) is 24.4. The first-order valence-electron chi connectivity index (χ1n) is 7.93. The van der Waals surface area contributed by atoms with Gasteiger partial charge in [-0.15, -0.1) is 0 Å². The van der Waals surface area contributed by atoms with E-state index in [0.29, 0.717) is 0 Å². The third-order valence-corrected chi connectivity index (χ3v) is 5.02. The number of hydrogen-bond acceptors (Lipinski definition) is 1. The fraction of sp³-hybridized carbons (Fsp3) is 0.238. The molecule has 4 rings (SSSR count). The highest BCUT2D eigenvalue weighted by Gasteiger charge is 2.35. The Labute approximate surface area is 132 Å². The average molecular weight is 287 g/mol. The smallest absolute Gasteiger partial charge is 0.0305 e. The van der Waals surface area contributed by atoms with Crippen molar-refractivity contribution in [1.82, 2.24) is 4.90 Å². The monoisotopic (exact) mass is 287 g/mol. The first-order valence-corrected chi connectivity index (χ1v) is 7.93. The average Bonchev–Trinajstić information content (AvgIpc) is 2.54. The van der Waals surface area contributed by atoms with Gasteiger partial charge in [0, 0.05) is 18.5 Å². The minimum absolute atomic E-state index is 0.0492. The zero-order valence-corrected chi connectivity index (χ0v) is 13.2. The summed E-state index contributed by atoms with van der Waals surface area (Å²) < 4.78 is 0. The maximum Gasteiger partial charge on any atom is 0.0305 e. The van der Waals surface area contributed by atoms with Crippen LogP contribution in [0.3, 0.4) is 0 Å². The minimum atomic E-state index is 0.0492. The Hall–Kier alpha value is -2.12. The fourth-order valence-corrected chi connectivity index (χ4v) is 3.95. The Bertz CT molecular complexity index is 836. The molecule has 0 bridgehead atoms. The highest BCUT2D eigenvalue weighted by molar-refractivity contribution is 5.83. The van der Waals surface area contributed by atoms with Crippen molar-refractivity contribution in [2.75, 3.05) is 13.6 Å². The van der Waals surface area contributed by atoms with Gasteiger partial charge in [-0.25, -0.2) is 0 Å². The van der Waals surface area contributed by atoms with E-state index >= 15 is 0 Å². The SMILES string of the molecule is CN1Cc2ccccc2C(C)(c2ccc3ccccc3c2)C1. The van der Waals surface area contributed by atoms with Crippen LogP contribution in [0.5, 0.6) is 0 Å². The molecule has 0 radical (unpaired) electrons. The van der Waals surface area contributed by atoms with Crippen LogP contribution in [0.1, 0.15) is 23.6 Å². The van der Waals surface area contributed by atoms with Crippen molar-refractivity contribution in [3.63, 3.8) is 0 Å². The number of likely N-dealkylation sites (N-methyl/N-ethyl adjacent to an activating group) is 1. The van der Waals surface area contributed by atoms with Gasteiger partial charge < -0.3 is 4.90 Å². The van der Waals surface area contributed by atoms with Gasteiger partial charge in [0.1, 0.15) is 0 Å². The Balaban J connectivity index is 1.92. The molecule has 3 aromatic carbocycles. The van der Waals surface area contributed by atoms with Gasteiger partial charge in [0.05, 0.1) is 0 Å². The van der Waals surface area contributed by atoms with Crippen LogP contribution < -0.4 is 0 Å². The molecule has 1 aliphatic heterocycles. The van der Waals surface area contributed by atoms with Crippen LogP contribution in [0.2, 0.25) is 0 Å². The number of hydrogen-bond donors (Lipinski definition) is 0. The third-order valence-electron chi connectivity index (χ3n) is 5.02. The molecule has 0 aromatic heterocycles. The van der Waals surface area contributed by atoms with Gasteiger partial charge in [-0.2, -0.15) is 0 Å². The van der Waals surface area contributed by atoms with E-state index in [1.54, 1.807) is 0 Å². The zero-order valence-electron chi connectivity index (χ0n) is 13.2. The molecule has 1 aliphatic rings. The topological polar surface area (TPSA) is 3.24 Å². The lowest BCUT2D eigenvalue weighted by Gasteiger charge is -2.41. The molecular formula is C21H21N. The lowest BCUT2D eigenvalue weighted by molar-refractivity contribution is 0.248. The van der Waals surface area contributed by atoms with E-state index in [0.717, 1.165) is 13.1 Å². The number of fused-ring (bicyclic) bond motifs is 2. The molecule has 0 saturated carbocycles. The van der Waals surface area contributed by atoms with Crippen molar-refractivity contribution >= 4 is 10.8 Å². The molecule has 1 atom stereocenters. The highest BCUT2D eigenvalue weighted by Crippen LogP contribution is 2.39. The van der Waals surface area contributed by atoms with Crippen LogP contribution in [0.15, 0.2) is 66.7 Å². The third kappa shape index (κ3) is 2.05. The minimum Gasteiger partial charge on any atom is -0.301 e. The second-order valence-corrected chi connectivity index (χ2v) is 6.72. The summed E-state index contributed by atoms with van der Waals surface area (Å²) in [5.41, 5.74) is 4.38. The van der Waals surface area contributed by atoms with Gasteiger partial charge in [0.2, 0.25) is 0 Å². The summed E-state index contributed by atoms with van der Waals surface area (Å²) in [5.74, 6) is 0. The molecule has 22 heavy (non-hydrogen) atoms. The van der Waals surface area contributed by atoms with Crippen LogP contribution in [0, 0.1) is 0 Å². The fourth-order valence-electron chi connectivity index (χ4n) is 3.95. The van der Waals surface area contributed by atoms with Gasteiger partial charge >= 0.3 is 0 Å². The van der Waals surface area contributed by atoms with Crippen molar-refractivity contribution < 1.29 is 0 Å². The number of rotatable bonds is 1. The van der Waals surface area contributed by atoms with E-state index in [-0.39, 0.29) is 5.41 Å². The normalized spacial score (nSPS) is 21.7. The molecule has 1 heteroatoms. The van der Waals surface area contributed by atoms with Gasteiger partial charge in [0.25, 0.3) is 0 Å². The molecule has 0 spiro atoms. The lowest BCUT2D eigenvalue weighted by Crippen LogP contribution is -2.42. The van der Waals surface area contributed by atoms with E-state index < -0.39 is 0 Å². The number of nitrogens with zero attached hydrogens (tertiary/aromatic N) is 1. The quantitative estimate of drug-likeness (QED) is 0.632. The molecule has 0 aliphatic carbocycles. The second kappa shape index (κ2) is 4.96. The van der Waals surface area contributed by atoms with Crippen LogP contribution in [0.4, 0.5) is 0 Å². The molecule has 0 fully saturated rings. The number of benzene rings is 3. The van der Waals surface area contributed by atoms with Crippen LogP contribution in [-0.2, 0) is 12.0 Å². The van der Waals surface area contributed by atoms with Crippen molar-refractivity contribution in [3.8, 4) is 0 Å². The van der Waals surface area contributed by atoms with Crippen LogP contribution >= 0.6 is 0 Å². The molecule has 110 valence electrons. The Morgan fingerprint density at radius 3 is 2.45 bits per heavy atom. The summed E-state index contributed by atoms with van der Waals surface area (Å²) in [6.07, 6.45) is 0. The Morgan fingerprint density at radius 2 is 1.59 bits per heavy atom. The Morgan fingerprint density at radius 1 is 0.864 bits per heavy atom. The highest BCUT2D eigenvalue weighted by atomic mass is 15.1. The van der Waals surface area contributed by atoms with Crippen molar-refractivity contribution in [2.24, 2.45) is 0 Å². The molecule has 0 saturated heterocycles. The molecule has 0 N–H and O–H groups in total. The summed E-state index contributed by atoms with van der Waals surface area (Å²) in [4.78, 5) is 2.43. The molecule has 1 unspecified atom stereocenters. The lowest BCUT2D eigenvalue weighted by atomic mass is 9.71. The van der Waals surface area contributed by atoms with E-state index in [9.17, 15) is 0 Å². The van der Waals surface area contributed by atoms with Gasteiger partial charge in [-0.1, -0.05) is 73.7 Å². The maximum absolute atomic E-state index is 2.43.